The van der Waals surface area contributed by atoms with E-state index in [2.05, 4.69) is 4.74 Å². The fourth-order valence-electron chi connectivity index (χ4n) is 0.712. The lowest BCUT2D eigenvalue weighted by molar-refractivity contribution is 0.0509. The molecule has 1 aromatic rings. The normalized spacial score (nSPS) is 9.00. The summed E-state index contributed by atoms with van der Waals surface area (Å²) in [4.78, 5) is 20.8. The number of rotatable bonds is 1. The van der Waals surface area contributed by atoms with Gasteiger partial charge in [-0.15, -0.1) is 0 Å². The lowest BCUT2D eigenvalue weighted by Crippen LogP contribution is -2.09. The molecular formula is C8H6O4. The molecule has 0 aliphatic carbocycles. The van der Waals surface area contributed by atoms with Crippen molar-refractivity contribution in [3.8, 4) is 0 Å². The van der Waals surface area contributed by atoms with E-state index in [0.717, 1.165) is 0 Å². The zero-order chi connectivity index (χ0) is 8.97. The highest BCUT2D eigenvalue weighted by Gasteiger charge is 2.09. The Morgan fingerprint density at radius 1 is 1.17 bits per heavy atom. The van der Waals surface area contributed by atoms with Gasteiger partial charge in [-0.1, -0.05) is 18.2 Å². The van der Waals surface area contributed by atoms with Crippen LogP contribution in [0.1, 0.15) is 10.4 Å². The van der Waals surface area contributed by atoms with Crippen LogP contribution in [0.2, 0.25) is 0 Å². The van der Waals surface area contributed by atoms with Crippen LogP contribution < -0.4 is 0 Å². The zero-order valence-corrected chi connectivity index (χ0v) is 6.06. The average molecular weight is 166 g/mol. The third-order valence-corrected chi connectivity index (χ3v) is 1.19. The van der Waals surface area contributed by atoms with Gasteiger partial charge in [0.2, 0.25) is 0 Å². The van der Waals surface area contributed by atoms with Crippen molar-refractivity contribution < 1.29 is 19.4 Å². The first-order valence-corrected chi connectivity index (χ1v) is 3.20. The largest absolute Gasteiger partial charge is 0.513 e. The van der Waals surface area contributed by atoms with E-state index in [0.29, 0.717) is 0 Å². The van der Waals surface area contributed by atoms with Crippen molar-refractivity contribution in [1.29, 1.82) is 0 Å². The number of esters is 1. The third-order valence-electron chi connectivity index (χ3n) is 1.19. The van der Waals surface area contributed by atoms with E-state index in [1.807, 2.05) is 0 Å². The van der Waals surface area contributed by atoms with Crippen molar-refractivity contribution in [2.45, 2.75) is 0 Å². The fraction of sp³-hybridized carbons (Fsp3) is 0. The summed E-state index contributed by atoms with van der Waals surface area (Å²) in [7, 11) is 0. The van der Waals surface area contributed by atoms with Gasteiger partial charge in [0.05, 0.1) is 5.56 Å². The van der Waals surface area contributed by atoms with Gasteiger partial charge in [-0.25, -0.2) is 9.59 Å². The summed E-state index contributed by atoms with van der Waals surface area (Å²) in [6, 6.07) is 7.92. The molecule has 4 heteroatoms. The van der Waals surface area contributed by atoms with Crippen LogP contribution in [0.4, 0.5) is 4.79 Å². The molecule has 0 spiro atoms. The Morgan fingerprint density at radius 2 is 1.75 bits per heavy atom. The quantitative estimate of drug-likeness (QED) is 0.507. The second-order valence-corrected chi connectivity index (χ2v) is 2.02. The van der Waals surface area contributed by atoms with Crippen LogP contribution in [-0.4, -0.2) is 17.2 Å². The maximum absolute atomic E-state index is 10.9. The highest BCUT2D eigenvalue weighted by molar-refractivity contribution is 5.94. The van der Waals surface area contributed by atoms with Crippen LogP contribution in [0.15, 0.2) is 30.3 Å². The van der Waals surface area contributed by atoms with Crippen molar-refractivity contribution in [3.05, 3.63) is 35.9 Å². The Bertz CT molecular complexity index is 291. The molecule has 0 atom stereocenters. The van der Waals surface area contributed by atoms with E-state index < -0.39 is 12.1 Å². The summed E-state index contributed by atoms with van der Waals surface area (Å²) in [6.45, 7) is 0. The van der Waals surface area contributed by atoms with E-state index >= 15 is 0 Å². The SMILES string of the molecule is O=C(O)OC(=O)c1ccccc1. The number of benzene rings is 1. The number of ether oxygens (including phenoxy) is 1. The van der Waals surface area contributed by atoms with Crippen LogP contribution >= 0.6 is 0 Å². The van der Waals surface area contributed by atoms with Crippen LogP contribution in [0, 0.1) is 0 Å². The maximum atomic E-state index is 10.9. The van der Waals surface area contributed by atoms with Crippen molar-refractivity contribution >= 4 is 12.1 Å². The summed E-state index contributed by atoms with van der Waals surface area (Å²) >= 11 is 0. The van der Waals surface area contributed by atoms with Gasteiger partial charge >= 0.3 is 12.1 Å². The number of hydrogen-bond donors (Lipinski definition) is 1. The minimum absolute atomic E-state index is 0.222. The molecule has 0 bridgehead atoms. The molecule has 0 aliphatic heterocycles. The summed E-state index contributed by atoms with van der Waals surface area (Å²) in [5.74, 6) is -0.858. The molecule has 1 N–H and O–H groups in total. The molecular weight excluding hydrogens is 160 g/mol. The van der Waals surface area contributed by atoms with Gasteiger partial charge in [-0.2, -0.15) is 0 Å². The average Bonchev–Trinajstić information content (AvgIpc) is 2.05. The molecule has 0 saturated carbocycles. The fourth-order valence-corrected chi connectivity index (χ4v) is 0.712. The maximum Gasteiger partial charge on any atom is 0.513 e. The van der Waals surface area contributed by atoms with Gasteiger partial charge in [-0.3, -0.25) is 0 Å². The Balaban J connectivity index is 2.73. The van der Waals surface area contributed by atoms with E-state index in [-0.39, 0.29) is 5.56 Å². The summed E-state index contributed by atoms with van der Waals surface area (Å²) in [6.07, 6.45) is -1.59. The molecule has 0 radical (unpaired) electrons. The van der Waals surface area contributed by atoms with E-state index in [9.17, 15) is 9.59 Å². The molecule has 0 aromatic heterocycles. The predicted molar refractivity (Wildman–Crippen MR) is 39.9 cm³/mol. The highest BCUT2D eigenvalue weighted by atomic mass is 16.7. The number of carbonyl (C=O) groups excluding carboxylic acids is 1. The Morgan fingerprint density at radius 3 is 2.25 bits per heavy atom. The van der Waals surface area contributed by atoms with Gasteiger partial charge in [0.15, 0.2) is 0 Å². The highest BCUT2D eigenvalue weighted by Crippen LogP contribution is 2.00. The van der Waals surface area contributed by atoms with E-state index in [1.54, 1.807) is 18.2 Å². The summed E-state index contributed by atoms with van der Waals surface area (Å²) in [5.41, 5.74) is 0.222. The molecule has 62 valence electrons. The number of carbonyl (C=O) groups is 2. The molecule has 0 unspecified atom stereocenters. The Kier molecular flexibility index (Phi) is 2.42. The first kappa shape index (κ1) is 8.26. The van der Waals surface area contributed by atoms with Crippen LogP contribution in [-0.2, 0) is 4.74 Å². The lowest BCUT2D eigenvalue weighted by Gasteiger charge is -1.96. The number of hydrogen-bond acceptors (Lipinski definition) is 3. The summed E-state index contributed by atoms with van der Waals surface area (Å²) < 4.78 is 3.91. The topological polar surface area (TPSA) is 63.6 Å². The molecule has 0 saturated heterocycles. The molecule has 0 heterocycles. The minimum Gasteiger partial charge on any atom is -0.449 e. The van der Waals surface area contributed by atoms with Crippen molar-refractivity contribution in [2.24, 2.45) is 0 Å². The number of carboxylic acid groups (broad SMARTS) is 1. The molecule has 4 nitrogen and oxygen atoms in total. The first-order chi connectivity index (χ1) is 5.70. The monoisotopic (exact) mass is 166 g/mol. The van der Waals surface area contributed by atoms with Crippen LogP contribution in [0.25, 0.3) is 0 Å². The third kappa shape index (κ3) is 2.09. The molecule has 1 rings (SSSR count). The van der Waals surface area contributed by atoms with Crippen molar-refractivity contribution in [1.82, 2.24) is 0 Å². The van der Waals surface area contributed by atoms with Crippen LogP contribution in [0.3, 0.4) is 0 Å². The molecule has 0 fully saturated rings. The lowest BCUT2D eigenvalue weighted by atomic mass is 10.2. The second-order valence-electron chi connectivity index (χ2n) is 2.02. The van der Waals surface area contributed by atoms with Gasteiger partial charge in [0.1, 0.15) is 0 Å². The van der Waals surface area contributed by atoms with Gasteiger partial charge in [0, 0.05) is 0 Å². The Labute approximate surface area is 68.4 Å². The Hall–Kier alpha value is -1.84. The standard InChI is InChI=1S/C8H6O4/c9-7(12-8(10)11)6-4-2-1-3-5-6/h1-5H,(H,10,11). The molecule has 1 aromatic carbocycles. The van der Waals surface area contributed by atoms with Gasteiger partial charge in [0.25, 0.3) is 0 Å². The van der Waals surface area contributed by atoms with Gasteiger partial charge < -0.3 is 9.84 Å². The molecule has 12 heavy (non-hydrogen) atoms. The second kappa shape index (κ2) is 3.52. The van der Waals surface area contributed by atoms with Gasteiger partial charge in [-0.05, 0) is 12.1 Å². The predicted octanol–water partition coefficient (Wildman–Crippen LogP) is 1.52. The molecule has 0 aliphatic rings. The first-order valence-electron chi connectivity index (χ1n) is 3.20. The zero-order valence-electron chi connectivity index (χ0n) is 6.06. The van der Waals surface area contributed by atoms with Crippen molar-refractivity contribution in [3.63, 3.8) is 0 Å². The van der Waals surface area contributed by atoms with Crippen LogP contribution in [0.5, 0.6) is 0 Å². The van der Waals surface area contributed by atoms with Crippen molar-refractivity contribution in [2.75, 3.05) is 0 Å². The summed E-state index contributed by atoms with van der Waals surface area (Å²) in [5, 5.41) is 8.10. The van der Waals surface area contributed by atoms with E-state index in [4.69, 9.17) is 5.11 Å². The van der Waals surface area contributed by atoms with E-state index in [1.165, 1.54) is 12.1 Å². The smallest absolute Gasteiger partial charge is 0.449 e. The minimum atomic E-state index is -1.59. The molecule has 0 amide bonds.